The first-order valence-electron chi connectivity index (χ1n) is 6.96. The smallest absolute Gasteiger partial charge is 0.242 e. The van der Waals surface area contributed by atoms with Gasteiger partial charge in [-0.1, -0.05) is 54.6 Å². The Morgan fingerprint density at radius 2 is 1.68 bits per heavy atom. The predicted molar refractivity (Wildman–Crippen MR) is 92.2 cm³/mol. The van der Waals surface area contributed by atoms with Gasteiger partial charge in [0.05, 0.1) is 10.6 Å². The number of sulfonamides is 1. The highest BCUT2D eigenvalue weighted by Gasteiger charge is 2.24. The monoisotopic (exact) mass is 313 g/mol. The fourth-order valence-electron chi connectivity index (χ4n) is 2.11. The van der Waals surface area contributed by atoms with Gasteiger partial charge in [-0.15, -0.1) is 0 Å². The summed E-state index contributed by atoms with van der Waals surface area (Å²) in [6, 6.07) is 14.1. The average Bonchev–Trinajstić information content (AvgIpc) is 2.53. The number of para-hydroxylation sites is 1. The van der Waals surface area contributed by atoms with Gasteiger partial charge in [0.1, 0.15) is 0 Å². The summed E-state index contributed by atoms with van der Waals surface area (Å²) in [6.45, 7) is 7.46. The minimum atomic E-state index is -3.67. The Hall–Kier alpha value is -2.33. The molecule has 0 saturated carbocycles. The first-order chi connectivity index (χ1) is 10.5. The Morgan fingerprint density at radius 3 is 2.27 bits per heavy atom. The van der Waals surface area contributed by atoms with E-state index in [2.05, 4.69) is 6.58 Å². The second-order valence-corrected chi connectivity index (χ2v) is 6.67. The van der Waals surface area contributed by atoms with Gasteiger partial charge in [-0.25, -0.2) is 12.7 Å². The van der Waals surface area contributed by atoms with E-state index in [0.717, 1.165) is 11.1 Å². The molecule has 0 atom stereocenters. The number of benzene rings is 2. The van der Waals surface area contributed by atoms with Crippen LogP contribution in [0, 0.1) is 6.92 Å². The lowest BCUT2D eigenvalue weighted by Crippen LogP contribution is -2.26. The minimum Gasteiger partial charge on any atom is -0.242 e. The van der Waals surface area contributed by atoms with Gasteiger partial charge in [0.2, 0.25) is 0 Å². The van der Waals surface area contributed by atoms with Crippen LogP contribution in [0.15, 0.2) is 72.3 Å². The van der Waals surface area contributed by atoms with Crippen LogP contribution < -0.4 is 4.31 Å². The number of allylic oxidation sites excluding steroid dienone is 1. The van der Waals surface area contributed by atoms with E-state index < -0.39 is 10.0 Å². The molecule has 2 rings (SSSR count). The Kier molecular flexibility index (Phi) is 4.83. The van der Waals surface area contributed by atoms with E-state index in [4.69, 9.17) is 0 Å². The fraction of sp³-hybridized carbons (Fsp3) is 0.111. The number of aryl methyl sites for hydroxylation is 1. The third kappa shape index (κ3) is 3.12. The van der Waals surface area contributed by atoms with Crippen LogP contribution in [0.25, 0.3) is 6.08 Å². The van der Waals surface area contributed by atoms with Crippen molar-refractivity contribution in [2.75, 3.05) is 4.31 Å². The highest BCUT2D eigenvalue weighted by molar-refractivity contribution is 7.93. The SMILES string of the molecule is C=Cc1ccccc1N(/C=C\C)S(=O)(=O)c1ccc(C)cc1. The molecule has 0 aromatic heterocycles. The van der Waals surface area contributed by atoms with E-state index in [1.54, 1.807) is 55.6 Å². The molecule has 0 unspecified atom stereocenters. The highest BCUT2D eigenvalue weighted by atomic mass is 32.2. The molecule has 0 spiro atoms. The summed E-state index contributed by atoms with van der Waals surface area (Å²) in [4.78, 5) is 0.259. The van der Waals surface area contributed by atoms with Crippen molar-refractivity contribution >= 4 is 21.8 Å². The molecule has 0 bridgehead atoms. The molecule has 2 aromatic rings. The molecular formula is C18H19NO2S. The van der Waals surface area contributed by atoms with Gasteiger partial charge < -0.3 is 0 Å². The molecule has 3 nitrogen and oxygen atoms in total. The molecule has 0 heterocycles. The first-order valence-corrected chi connectivity index (χ1v) is 8.40. The second-order valence-electron chi connectivity index (χ2n) is 4.86. The molecule has 0 N–H and O–H groups in total. The molecule has 0 aliphatic rings. The quantitative estimate of drug-likeness (QED) is 0.822. The number of hydrogen-bond acceptors (Lipinski definition) is 2. The maximum absolute atomic E-state index is 12.9. The second kappa shape index (κ2) is 6.62. The molecule has 22 heavy (non-hydrogen) atoms. The van der Waals surface area contributed by atoms with Crippen molar-refractivity contribution in [3.05, 3.63) is 78.5 Å². The summed E-state index contributed by atoms with van der Waals surface area (Å²) >= 11 is 0. The third-order valence-electron chi connectivity index (χ3n) is 3.26. The normalized spacial score (nSPS) is 11.5. The number of hydrogen-bond donors (Lipinski definition) is 0. The van der Waals surface area contributed by atoms with Gasteiger partial charge >= 0.3 is 0 Å². The number of nitrogens with zero attached hydrogens (tertiary/aromatic N) is 1. The van der Waals surface area contributed by atoms with Crippen LogP contribution in [0.3, 0.4) is 0 Å². The van der Waals surface area contributed by atoms with E-state index in [1.165, 1.54) is 4.31 Å². The zero-order valence-electron chi connectivity index (χ0n) is 12.7. The zero-order valence-corrected chi connectivity index (χ0v) is 13.5. The van der Waals surface area contributed by atoms with E-state index in [-0.39, 0.29) is 4.90 Å². The van der Waals surface area contributed by atoms with Crippen LogP contribution in [0.2, 0.25) is 0 Å². The Bertz CT molecular complexity index is 790. The largest absolute Gasteiger partial charge is 0.268 e. The van der Waals surface area contributed by atoms with Gasteiger partial charge in [-0.2, -0.15) is 0 Å². The van der Waals surface area contributed by atoms with E-state index in [1.807, 2.05) is 25.1 Å². The van der Waals surface area contributed by atoms with Crippen molar-refractivity contribution in [1.82, 2.24) is 0 Å². The maximum Gasteiger partial charge on any atom is 0.268 e. The van der Waals surface area contributed by atoms with Crippen LogP contribution >= 0.6 is 0 Å². The Morgan fingerprint density at radius 1 is 1.05 bits per heavy atom. The molecule has 4 heteroatoms. The average molecular weight is 313 g/mol. The van der Waals surface area contributed by atoms with Crippen molar-refractivity contribution in [1.29, 1.82) is 0 Å². The van der Waals surface area contributed by atoms with Crippen molar-refractivity contribution in [3.8, 4) is 0 Å². The van der Waals surface area contributed by atoms with Gasteiger partial charge in [0, 0.05) is 6.20 Å². The molecule has 0 radical (unpaired) electrons. The number of rotatable bonds is 5. The maximum atomic E-state index is 12.9. The summed E-state index contributed by atoms with van der Waals surface area (Å²) in [5.41, 5.74) is 2.36. The lowest BCUT2D eigenvalue weighted by Gasteiger charge is -2.22. The van der Waals surface area contributed by atoms with Gasteiger partial charge in [0.25, 0.3) is 10.0 Å². The van der Waals surface area contributed by atoms with Crippen LogP contribution in [0.1, 0.15) is 18.1 Å². The Labute approximate surface area is 132 Å². The summed E-state index contributed by atoms with van der Waals surface area (Å²) in [6.07, 6.45) is 4.90. The Balaban J connectivity index is 2.61. The van der Waals surface area contributed by atoms with Gasteiger partial charge in [-0.05, 0) is 37.6 Å². The molecule has 0 aliphatic carbocycles. The van der Waals surface area contributed by atoms with Crippen LogP contribution in [0.4, 0.5) is 5.69 Å². The topological polar surface area (TPSA) is 37.4 Å². The van der Waals surface area contributed by atoms with Crippen LogP contribution in [-0.2, 0) is 10.0 Å². The molecule has 114 valence electrons. The standard InChI is InChI=1S/C18H19NO2S/c1-4-14-19(18-9-7-6-8-16(18)5-2)22(20,21)17-12-10-15(3)11-13-17/h4-14H,2H2,1,3H3/b14-4-. The van der Waals surface area contributed by atoms with Crippen molar-refractivity contribution in [2.45, 2.75) is 18.7 Å². The molecule has 0 saturated heterocycles. The van der Waals surface area contributed by atoms with E-state index in [9.17, 15) is 8.42 Å². The minimum absolute atomic E-state index is 0.259. The molecule has 2 aromatic carbocycles. The van der Waals surface area contributed by atoms with E-state index in [0.29, 0.717) is 5.69 Å². The zero-order chi connectivity index (χ0) is 16.2. The van der Waals surface area contributed by atoms with Gasteiger partial charge in [0.15, 0.2) is 0 Å². The van der Waals surface area contributed by atoms with Crippen LogP contribution in [0.5, 0.6) is 0 Å². The third-order valence-corrected chi connectivity index (χ3v) is 4.96. The lowest BCUT2D eigenvalue weighted by atomic mass is 10.2. The van der Waals surface area contributed by atoms with E-state index >= 15 is 0 Å². The highest BCUT2D eigenvalue weighted by Crippen LogP contribution is 2.28. The molecule has 0 amide bonds. The molecular weight excluding hydrogens is 294 g/mol. The number of anilines is 1. The van der Waals surface area contributed by atoms with Crippen molar-refractivity contribution in [2.24, 2.45) is 0 Å². The predicted octanol–water partition coefficient (Wildman–Crippen LogP) is 4.37. The van der Waals surface area contributed by atoms with Crippen molar-refractivity contribution in [3.63, 3.8) is 0 Å². The summed E-state index contributed by atoms with van der Waals surface area (Å²) < 4.78 is 27.2. The van der Waals surface area contributed by atoms with Crippen molar-refractivity contribution < 1.29 is 8.42 Å². The molecule has 0 fully saturated rings. The molecule has 0 aliphatic heterocycles. The lowest BCUT2D eigenvalue weighted by molar-refractivity contribution is 0.596. The fourth-order valence-corrected chi connectivity index (χ4v) is 3.52. The first kappa shape index (κ1) is 16.0. The van der Waals surface area contributed by atoms with Crippen LogP contribution in [-0.4, -0.2) is 8.42 Å². The summed E-state index contributed by atoms with van der Waals surface area (Å²) in [5, 5.41) is 0. The summed E-state index contributed by atoms with van der Waals surface area (Å²) in [7, 11) is -3.67. The van der Waals surface area contributed by atoms with Gasteiger partial charge in [-0.3, -0.25) is 0 Å². The summed E-state index contributed by atoms with van der Waals surface area (Å²) in [5.74, 6) is 0.